The van der Waals surface area contributed by atoms with Crippen molar-refractivity contribution in [3.63, 3.8) is 0 Å². The highest BCUT2D eigenvalue weighted by atomic mass is 32.1. The number of primary amides is 1. The number of ether oxygens (including phenoxy) is 2. The fraction of sp³-hybridized carbons (Fsp3) is 0.294. The van der Waals surface area contributed by atoms with E-state index < -0.39 is 11.3 Å². The first-order valence-corrected chi connectivity index (χ1v) is 8.49. The van der Waals surface area contributed by atoms with Crippen LogP contribution in [-0.4, -0.2) is 18.6 Å². The summed E-state index contributed by atoms with van der Waals surface area (Å²) in [5.41, 5.74) is 6.90. The third-order valence-electron chi connectivity index (χ3n) is 4.56. The minimum absolute atomic E-state index is 0.120. The van der Waals surface area contributed by atoms with Gasteiger partial charge in [0.2, 0.25) is 12.7 Å². The number of hydrogen-bond acceptors (Lipinski definition) is 5. The van der Waals surface area contributed by atoms with E-state index in [1.54, 1.807) is 6.92 Å². The molecule has 0 radical (unpaired) electrons. The molecule has 6 nitrogen and oxygen atoms in total. The van der Waals surface area contributed by atoms with Crippen LogP contribution in [-0.2, 0) is 10.2 Å². The molecule has 1 aromatic heterocycles. The summed E-state index contributed by atoms with van der Waals surface area (Å²) in [5.74, 6) is 0.707. The third kappa shape index (κ3) is 2.24. The first-order valence-electron chi connectivity index (χ1n) is 7.61. The molecule has 0 unspecified atom stereocenters. The lowest BCUT2D eigenvalue weighted by Gasteiger charge is -2.16. The topological polar surface area (TPSA) is 90.7 Å². The number of carbonyl (C=O) groups is 2. The number of hydrogen-bond donors (Lipinski definition) is 2. The van der Waals surface area contributed by atoms with Gasteiger partial charge in [-0.05, 0) is 48.4 Å². The smallest absolute Gasteiger partial charge is 0.251 e. The van der Waals surface area contributed by atoms with Crippen molar-refractivity contribution in [2.45, 2.75) is 25.2 Å². The van der Waals surface area contributed by atoms with Gasteiger partial charge in [0.25, 0.3) is 5.91 Å². The van der Waals surface area contributed by atoms with Gasteiger partial charge in [0, 0.05) is 0 Å². The monoisotopic (exact) mass is 344 g/mol. The van der Waals surface area contributed by atoms with Gasteiger partial charge < -0.3 is 20.5 Å². The second-order valence-corrected chi connectivity index (χ2v) is 6.97. The number of anilines is 1. The Morgan fingerprint density at radius 1 is 1.25 bits per heavy atom. The Balaban J connectivity index is 1.62. The Labute approximate surface area is 142 Å². The van der Waals surface area contributed by atoms with Crippen LogP contribution in [0.3, 0.4) is 0 Å². The number of nitrogens with one attached hydrogen (secondary N) is 1. The van der Waals surface area contributed by atoms with Gasteiger partial charge in [0.05, 0.1) is 11.0 Å². The summed E-state index contributed by atoms with van der Waals surface area (Å²) in [5, 5.41) is 5.21. The minimum atomic E-state index is -0.576. The van der Waals surface area contributed by atoms with Gasteiger partial charge >= 0.3 is 0 Å². The lowest BCUT2D eigenvalue weighted by molar-refractivity contribution is -0.118. The SMILES string of the molecule is Cc1csc(NC(=O)C2(c3ccc4c(c3)OCO4)CC2)c1C(N)=O. The summed E-state index contributed by atoms with van der Waals surface area (Å²) in [4.78, 5) is 24.4. The maximum absolute atomic E-state index is 12.9. The summed E-state index contributed by atoms with van der Waals surface area (Å²) in [6, 6.07) is 5.59. The van der Waals surface area contributed by atoms with Crippen molar-refractivity contribution in [2.75, 3.05) is 12.1 Å². The summed E-state index contributed by atoms with van der Waals surface area (Å²) in [7, 11) is 0. The molecular formula is C17H16N2O4S. The fourth-order valence-electron chi connectivity index (χ4n) is 3.03. The minimum Gasteiger partial charge on any atom is -0.454 e. The van der Waals surface area contributed by atoms with Gasteiger partial charge in [-0.1, -0.05) is 6.07 Å². The molecule has 1 aliphatic carbocycles. The van der Waals surface area contributed by atoms with E-state index in [1.807, 2.05) is 23.6 Å². The highest BCUT2D eigenvalue weighted by Crippen LogP contribution is 2.51. The normalized spacial score (nSPS) is 16.7. The average Bonchev–Trinajstić information content (AvgIpc) is 3.09. The van der Waals surface area contributed by atoms with Crippen molar-refractivity contribution >= 4 is 28.2 Å². The van der Waals surface area contributed by atoms with E-state index in [9.17, 15) is 9.59 Å². The van der Waals surface area contributed by atoms with Crippen molar-refractivity contribution in [2.24, 2.45) is 5.73 Å². The fourth-order valence-corrected chi connectivity index (χ4v) is 3.97. The molecule has 0 atom stereocenters. The number of benzene rings is 1. The highest BCUT2D eigenvalue weighted by molar-refractivity contribution is 7.15. The number of rotatable bonds is 4. The molecule has 3 N–H and O–H groups in total. The zero-order valence-corrected chi connectivity index (χ0v) is 13.9. The molecule has 4 rings (SSSR count). The van der Waals surface area contributed by atoms with Crippen molar-refractivity contribution in [3.8, 4) is 11.5 Å². The van der Waals surface area contributed by atoms with Gasteiger partial charge in [-0.15, -0.1) is 11.3 Å². The second-order valence-electron chi connectivity index (χ2n) is 6.09. The first-order chi connectivity index (χ1) is 11.5. The summed E-state index contributed by atoms with van der Waals surface area (Å²) in [6.07, 6.45) is 1.52. The zero-order chi connectivity index (χ0) is 16.9. The van der Waals surface area contributed by atoms with Crippen LogP contribution in [0, 0.1) is 6.92 Å². The van der Waals surface area contributed by atoms with Gasteiger partial charge in [-0.2, -0.15) is 0 Å². The Morgan fingerprint density at radius 2 is 2.00 bits per heavy atom. The largest absolute Gasteiger partial charge is 0.454 e. The lowest BCUT2D eigenvalue weighted by atomic mass is 9.94. The molecule has 2 amide bonds. The molecular weight excluding hydrogens is 328 g/mol. The number of nitrogens with two attached hydrogens (primary N) is 1. The quantitative estimate of drug-likeness (QED) is 0.892. The number of carbonyl (C=O) groups excluding carboxylic acids is 2. The summed E-state index contributed by atoms with van der Waals surface area (Å²) < 4.78 is 10.7. The zero-order valence-electron chi connectivity index (χ0n) is 13.0. The predicted octanol–water partition coefficient (Wildman–Crippen LogP) is 2.55. The van der Waals surface area contributed by atoms with Gasteiger partial charge in [-0.3, -0.25) is 9.59 Å². The highest BCUT2D eigenvalue weighted by Gasteiger charge is 2.52. The Hall–Kier alpha value is -2.54. The van der Waals surface area contributed by atoms with Gasteiger partial charge in [0.15, 0.2) is 11.5 Å². The Kier molecular flexibility index (Phi) is 3.28. The van der Waals surface area contributed by atoms with Crippen LogP contribution < -0.4 is 20.5 Å². The standard InChI is InChI=1S/C17H16N2O4S/c1-9-7-24-15(13(9)14(18)20)19-16(21)17(4-5-17)10-2-3-11-12(6-10)23-8-22-11/h2-3,6-7H,4-5,8H2,1H3,(H2,18,20)(H,19,21). The van der Waals surface area contributed by atoms with Crippen LogP contribution >= 0.6 is 11.3 Å². The van der Waals surface area contributed by atoms with E-state index in [4.69, 9.17) is 15.2 Å². The van der Waals surface area contributed by atoms with Gasteiger partial charge in [-0.25, -0.2) is 0 Å². The Morgan fingerprint density at radius 3 is 2.71 bits per heavy atom. The third-order valence-corrected chi connectivity index (χ3v) is 5.57. The summed E-state index contributed by atoms with van der Waals surface area (Å²) in [6.45, 7) is 2.01. The van der Waals surface area contributed by atoms with E-state index >= 15 is 0 Å². The molecule has 0 saturated heterocycles. The predicted molar refractivity (Wildman–Crippen MR) is 89.7 cm³/mol. The molecule has 7 heteroatoms. The molecule has 1 fully saturated rings. The Bertz CT molecular complexity index is 854. The molecule has 1 aliphatic heterocycles. The van der Waals surface area contributed by atoms with Crippen molar-refractivity contribution in [1.29, 1.82) is 0 Å². The van der Waals surface area contributed by atoms with Crippen LogP contribution in [0.2, 0.25) is 0 Å². The first kappa shape index (κ1) is 15.0. The number of fused-ring (bicyclic) bond motifs is 1. The molecule has 0 bridgehead atoms. The van der Waals surface area contributed by atoms with E-state index in [2.05, 4.69) is 5.32 Å². The molecule has 2 heterocycles. The van der Waals surface area contributed by atoms with E-state index in [0.29, 0.717) is 22.1 Å². The van der Waals surface area contributed by atoms with Gasteiger partial charge in [0.1, 0.15) is 5.00 Å². The van der Waals surface area contributed by atoms with Crippen molar-refractivity contribution in [1.82, 2.24) is 0 Å². The van der Waals surface area contributed by atoms with E-state index in [-0.39, 0.29) is 12.7 Å². The molecule has 1 aromatic carbocycles. The number of amides is 2. The average molecular weight is 344 g/mol. The van der Waals surface area contributed by atoms with Crippen molar-refractivity contribution < 1.29 is 19.1 Å². The molecule has 0 spiro atoms. The molecule has 24 heavy (non-hydrogen) atoms. The molecule has 124 valence electrons. The van der Waals surface area contributed by atoms with Crippen LogP contribution in [0.25, 0.3) is 0 Å². The summed E-state index contributed by atoms with van der Waals surface area (Å²) >= 11 is 1.31. The van der Waals surface area contributed by atoms with E-state index in [1.165, 1.54) is 11.3 Å². The molecule has 2 aliphatic rings. The van der Waals surface area contributed by atoms with Crippen molar-refractivity contribution in [3.05, 3.63) is 40.3 Å². The molecule has 1 saturated carbocycles. The van der Waals surface area contributed by atoms with Crippen LogP contribution in [0.4, 0.5) is 5.00 Å². The van der Waals surface area contributed by atoms with Crippen LogP contribution in [0.5, 0.6) is 11.5 Å². The van der Waals surface area contributed by atoms with E-state index in [0.717, 1.165) is 24.0 Å². The molecule has 2 aromatic rings. The number of aryl methyl sites for hydroxylation is 1. The van der Waals surface area contributed by atoms with Crippen LogP contribution in [0.1, 0.15) is 34.3 Å². The number of thiophene rings is 1. The maximum Gasteiger partial charge on any atom is 0.251 e. The lowest BCUT2D eigenvalue weighted by Crippen LogP contribution is -2.28. The second kappa shape index (κ2) is 5.24. The van der Waals surface area contributed by atoms with Crippen LogP contribution in [0.15, 0.2) is 23.6 Å². The maximum atomic E-state index is 12.9.